The maximum atomic E-state index is 13.5. The van der Waals surface area contributed by atoms with E-state index >= 15 is 0 Å². The van der Waals surface area contributed by atoms with Gasteiger partial charge in [-0.3, -0.25) is 4.99 Å². The average Bonchev–Trinajstić information content (AvgIpc) is 2.79. The van der Waals surface area contributed by atoms with Gasteiger partial charge in [0.15, 0.2) is 0 Å². The fourth-order valence-corrected chi connectivity index (χ4v) is 2.56. The van der Waals surface area contributed by atoms with Crippen LogP contribution >= 0.6 is 0 Å². The molecule has 0 spiro atoms. The molecule has 4 heteroatoms. The summed E-state index contributed by atoms with van der Waals surface area (Å²) in [6.45, 7) is 4.13. The zero-order valence-corrected chi connectivity index (χ0v) is 13.2. The number of amidine groups is 1. The molecule has 0 aliphatic carbocycles. The van der Waals surface area contributed by atoms with Gasteiger partial charge in [-0.05, 0) is 73.4 Å². The Kier molecular flexibility index (Phi) is 4.24. The van der Waals surface area contributed by atoms with E-state index < -0.39 is 0 Å². The topological polar surface area (TPSA) is 24.4 Å². The molecule has 0 bridgehead atoms. The van der Waals surface area contributed by atoms with Gasteiger partial charge in [-0.25, -0.2) is 8.78 Å². The number of nitrogens with zero attached hydrogens (tertiary/aromatic N) is 1. The number of aryl methyl sites for hydroxylation is 2. The van der Waals surface area contributed by atoms with E-state index in [-0.39, 0.29) is 11.6 Å². The third kappa shape index (κ3) is 3.31. The number of aliphatic imine (C=N–C) groups is 1. The molecule has 0 atom stereocenters. The van der Waals surface area contributed by atoms with Crippen LogP contribution in [0.5, 0.6) is 0 Å². The minimum absolute atomic E-state index is 0.217. The Morgan fingerprint density at radius 2 is 1.52 bits per heavy atom. The Labute approximate surface area is 134 Å². The first-order valence-corrected chi connectivity index (χ1v) is 7.59. The lowest BCUT2D eigenvalue weighted by Gasteiger charge is -2.14. The van der Waals surface area contributed by atoms with Crippen molar-refractivity contribution in [1.82, 2.24) is 5.32 Å². The standard InChI is InChI=1S/C19H18F2N2/c1-12-10-14(5-7-16(12)20)18-4-3-9-22-19(23-18)15-6-8-17(21)13(2)11-15/h4-8,10-11H,3,9H2,1-2H3,(H,22,23). The third-order valence-electron chi connectivity index (χ3n) is 3.90. The van der Waals surface area contributed by atoms with Crippen LogP contribution in [0.4, 0.5) is 8.78 Å². The van der Waals surface area contributed by atoms with Crippen molar-refractivity contribution in [2.45, 2.75) is 20.3 Å². The van der Waals surface area contributed by atoms with Crippen LogP contribution in [0.25, 0.3) is 5.70 Å². The lowest BCUT2D eigenvalue weighted by atomic mass is 10.1. The molecular formula is C19H18F2N2. The summed E-state index contributed by atoms with van der Waals surface area (Å²) in [5, 5.41) is 3.31. The van der Waals surface area contributed by atoms with E-state index in [1.165, 1.54) is 12.1 Å². The molecule has 0 amide bonds. The van der Waals surface area contributed by atoms with Crippen molar-refractivity contribution >= 4 is 11.5 Å². The second-order valence-corrected chi connectivity index (χ2v) is 5.69. The van der Waals surface area contributed by atoms with Crippen LogP contribution in [-0.4, -0.2) is 12.4 Å². The van der Waals surface area contributed by atoms with Crippen molar-refractivity contribution < 1.29 is 8.78 Å². The van der Waals surface area contributed by atoms with E-state index in [0.717, 1.165) is 23.2 Å². The van der Waals surface area contributed by atoms with Gasteiger partial charge in [-0.1, -0.05) is 6.08 Å². The summed E-state index contributed by atoms with van der Waals surface area (Å²) in [5.41, 5.74) is 3.84. The predicted molar refractivity (Wildman–Crippen MR) is 89.4 cm³/mol. The molecule has 0 radical (unpaired) electrons. The first-order valence-electron chi connectivity index (χ1n) is 7.59. The van der Waals surface area contributed by atoms with E-state index in [1.807, 2.05) is 6.07 Å². The Morgan fingerprint density at radius 1 is 0.913 bits per heavy atom. The number of rotatable bonds is 2. The summed E-state index contributed by atoms with van der Waals surface area (Å²) in [5.74, 6) is 0.262. The number of hydrogen-bond acceptors (Lipinski definition) is 2. The molecule has 0 fully saturated rings. The molecule has 1 heterocycles. The average molecular weight is 312 g/mol. The van der Waals surface area contributed by atoms with Gasteiger partial charge in [-0.2, -0.15) is 0 Å². The highest BCUT2D eigenvalue weighted by atomic mass is 19.1. The highest BCUT2D eigenvalue weighted by Crippen LogP contribution is 2.19. The molecule has 0 aromatic heterocycles. The maximum Gasteiger partial charge on any atom is 0.132 e. The van der Waals surface area contributed by atoms with Crippen LogP contribution < -0.4 is 5.32 Å². The quantitative estimate of drug-likeness (QED) is 0.875. The van der Waals surface area contributed by atoms with Crippen molar-refractivity contribution in [3.63, 3.8) is 0 Å². The van der Waals surface area contributed by atoms with E-state index in [1.54, 1.807) is 32.0 Å². The van der Waals surface area contributed by atoms with Crippen LogP contribution in [0, 0.1) is 25.5 Å². The third-order valence-corrected chi connectivity index (χ3v) is 3.90. The van der Waals surface area contributed by atoms with Gasteiger partial charge in [0.25, 0.3) is 0 Å². The number of benzene rings is 2. The summed E-state index contributed by atoms with van der Waals surface area (Å²) in [6.07, 6.45) is 2.85. The Hall–Kier alpha value is -2.49. The predicted octanol–water partition coefficient (Wildman–Crippen LogP) is 4.36. The molecule has 118 valence electrons. The monoisotopic (exact) mass is 312 g/mol. The maximum absolute atomic E-state index is 13.5. The van der Waals surface area contributed by atoms with Gasteiger partial charge in [0.05, 0.1) is 0 Å². The van der Waals surface area contributed by atoms with Crippen molar-refractivity contribution in [2.75, 3.05) is 6.54 Å². The van der Waals surface area contributed by atoms with Crippen LogP contribution in [0.2, 0.25) is 0 Å². The molecule has 2 aromatic carbocycles. The number of halogens is 2. The van der Waals surface area contributed by atoms with E-state index in [0.29, 0.717) is 23.5 Å². The zero-order valence-electron chi connectivity index (χ0n) is 13.2. The van der Waals surface area contributed by atoms with Gasteiger partial charge < -0.3 is 5.32 Å². The largest absolute Gasteiger partial charge is 0.340 e. The molecule has 0 saturated carbocycles. The molecule has 1 aliphatic heterocycles. The van der Waals surface area contributed by atoms with Gasteiger partial charge in [-0.15, -0.1) is 0 Å². The van der Waals surface area contributed by atoms with E-state index in [4.69, 9.17) is 0 Å². The van der Waals surface area contributed by atoms with E-state index in [2.05, 4.69) is 16.4 Å². The molecule has 0 saturated heterocycles. The lowest BCUT2D eigenvalue weighted by Crippen LogP contribution is -2.22. The smallest absolute Gasteiger partial charge is 0.132 e. The summed E-state index contributed by atoms with van der Waals surface area (Å²) in [4.78, 5) is 4.54. The molecule has 2 aromatic rings. The van der Waals surface area contributed by atoms with Gasteiger partial charge in [0, 0.05) is 17.8 Å². The zero-order chi connectivity index (χ0) is 16.4. The van der Waals surface area contributed by atoms with Crippen LogP contribution in [0.1, 0.15) is 28.7 Å². The lowest BCUT2D eigenvalue weighted by molar-refractivity contribution is 0.618. The van der Waals surface area contributed by atoms with E-state index in [9.17, 15) is 8.78 Å². The minimum Gasteiger partial charge on any atom is -0.340 e. The van der Waals surface area contributed by atoms with Crippen LogP contribution in [-0.2, 0) is 0 Å². The SMILES string of the molecule is Cc1cc(C2=CCCN=C(c3ccc(F)c(C)c3)N2)ccc1F. The molecule has 1 N–H and O–H groups in total. The highest BCUT2D eigenvalue weighted by molar-refractivity contribution is 6.04. The summed E-state index contributed by atoms with van der Waals surface area (Å²) < 4.78 is 26.9. The molecular weight excluding hydrogens is 294 g/mol. The molecule has 3 rings (SSSR count). The number of nitrogens with one attached hydrogen (secondary N) is 1. The molecule has 23 heavy (non-hydrogen) atoms. The highest BCUT2D eigenvalue weighted by Gasteiger charge is 2.12. The summed E-state index contributed by atoms with van der Waals surface area (Å²) in [7, 11) is 0. The normalized spacial score (nSPS) is 14.6. The van der Waals surface area contributed by atoms with Crippen molar-refractivity contribution in [1.29, 1.82) is 0 Å². The van der Waals surface area contributed by atoms with Gasteiger partial charge in [0.1, 0.15) is 17.5 Å². The fourth-order valence-electron chi connectivity index (χ4n) is 2.56. The van der Waals surface area contributed by atoms with Crippen LogP contribution in [0.3, 0.4) is 0 Å². The number of hydrogen-bond donors (Lipinski definition) is 1. The second-order valence-electron chi connectivity index (χ2n) is 5.69. The first-order chi connectivity index (χ1) is 11.0. The Morgan fingerprint density at radius 3 is 2.17 bits per heavy atom. The van der Waals surface area contributed by atoms with Crippen molar-refractivity contribution in [3.8, 4) is 0 Å². The first kappa shape index (κ1) is 15.4. The minimum atomic E-state index is -0.229. The Balaban J connectivity index is 1.93. The molecule has 2 nitrogen and oxygen atoms in total. The van der Waals surface area contributed by atoms with Gasteiger partial charge in [0.2, 0.25) is 0 Å². The van der Waals surface area contributed by atoms with Crippen LogP contribution in [0.15, 0.2) is 47.5 Å². The van der Waals surface area contributed by atoms with Crippen molar-refractivity contribution in [2.24, 2.45) is 4.99 Å². The van der Waals surface area contributed by atoms with Gasteiger partial charge >= 0.3 is 0 Å². The Bertz CT molecular complexity index is 740. The summed E-state index contributed by atoms with van der Waals surface area (Å²) in [6, 6.07) is 9.97. The van der Waals surface area contributed by atoms with Crippen molar-refractivity contribution in [3.05, 3.63) is 76.4 Å². The molecule has 1 aliphatic rings. The second kappa shape index (κ2) is 6.32. The molecule has 0 unspecified atom stereocenters. The summed E-state index contributed by atoms with van der Waals surface area (Å²) >= 11 is 0. The fraction of sp³-hybridized carbons (Fsp3) is 0.211.